The number of carboxylic acid groups (broad SMARTS) is 1. The number of nitrogens with zero attached hydrogens (tertiary/aromatic N) is 5. The SMILES string of the molecule is O=C(O)c1ccc(C[C@H]2CCN(C(=O)CCCn3cnnn3)C2)cc1. The number of aromatic carboxylic acids is 1. The Morgan fingerprint density at radius 1 is 1.24 bits per heavy atom. The topological polar surface area (TPSA) is 101 Å². The van der Waals surface area contributed by atoms with Gasteiger partial charge in [0.1, 0.15) is 6.33 Å². The number of carbonyl (C=O) groups is 2. The Balaban J connectivity index is 1.43. The first-order valence-corrected chi connectivity index (χ1v) is 8.42. The lowest BCUT2D eigenvalue weighted by Crippen LogP contribution is -2.29. The lowest BCUT2D eigenvalue weighted by Gasteiger charge is -2.16. The normalized spacial score (nSPS) is 17.0. The minimum absolute atomic E-state index is 0.178. The number of rotatable bonds is 7. The third-order valence-electron chi connectivity index (χ3n) is 4.53. The molecule has 0 unspecified atom stereocenters. The molecule has 3 rings (SSSR count). The molecule has 1 N–H and O–H groups in total. The number of benzene rings is 1. The second-order valence-corrected chi connectivity index (χ2v) is 6.38. The molecule has 1 aliphatic heterocycles. The van der Waals surface area contributed by atoms with Crippen LogP contribution in [0.1, 0.15) is 35.2 Å². The van der Waals surface area contributed by atoms with Crippen molar-refractivity contribution in [1.29, 1.82) is 0 Å². The van der Waals surface area contributed by atoms with Crippen LogP contribution < -0.4 is 0 Å². The third kappa shape index (κ3) is 4.62. The fraction of sp³-hybridized carbons (Fsp3) is 0.471. The highest BCUT2D eigenvalue weighted by Crippen LogP contribution is 2.22. The molecule has 1 amide bonds. The van der Waals surface area contributed by atoms with E-state index in [9.17, 15) is 9.59 Å². The van der Waals surface area contributed by atoms with Gasteiger partial charge in [-0.15, -0.1) is 5.10 Å². The van der Waals surface area contributed by atoms with Crippen molar-refractivity contribution in [3.05, 3.63) is 41.7 Å². The molecule has 1 aliphatic rings. The second kappa shape index (κ2) is 7.87. The van der Waals surface area contributed by atoms with Gasteiger partial charge in [0, 0.05) is 26.1 Å². The van der Waals surface area contributed by atoms with Crippen molar-refractivity contribution in [2.45, 2.75) is 32.2 Å². The van der Waals surface area contributed by atoms with Gasteiger partial charge in [-0.05, 0) is 53.3 Å². The van der Waals surface area contributed by atoms with Crippen molar-refractivity contribution in [3.8, 4) is 0 Å². The van der Waals surface area contributed by atoms with Crippen LogP contribution in [0.5, 0.6) is 0 Å². The van der Waals surface area contributed by atoms with E-state index in [1.165, 1.54) is 0 Å². The first kappa shape index (κ1) is 17.1. The summed E-state index contributed by atoms with van der Waals surface area (Å²) in [6, 6.07) is 6.99. The van der Waals surface area contributed by atoms with Crippen molar-refractivity contribution >= 4 is 11.9 Å². The Morgan fingerprint density at radius 3 is 2.72 bits per heavy atom. The van der Waals surface area contributed by atoms with Gasteiger partial charge in [0.05, 0.1) is 5.56 Å². The fourth-order valence-corrected chi connectivity index (χ4v) is 3.18. The van der Waals surface area contributed by atoms with E-state index in [0.717, 1.165) is 37.9 Å². The lowest BCUT2D eigenvalue weighted by atomic mass is 9.98. The van der Waals surface area contributed by atoms with Crippen molar-refractivity contribution in [2.24, 2.45) is 5.92 Å². The number of hydrogen-bond acceptors (Lipinski definition) is 5. The number of carbonyl (C=O) groups excluding carboxylic acids is 1. The maximum atomic E-state index is 12.3. The highest BCUT2D eigenvalue weighted by molar-refractivity contribution is 5.87. The molecule has 2 heterocycles. The van der Waals surface area contributed by atoms with E-state index >= 15 is 0 Å². The molecule has 0 spiro atoms. The van der Waals surface area contributed by atoms with Gasteiger partial charge in [-0.2, -0.15) is 0 Å². The zero-order valence-electron chi connectivity index (χ0n) is 13.9. The smallest absolute Gasteiger partial charge is 0.335 e. The average Bonchev–Trinajstić information content (AvgIpc) is 3.27. The Bertz CT molecular complexity index is 714. The van der Waals surface area contributed by atoms with Crippen LogP contribution >= 0.6 is 0 Å². The zero-order valence-corrected chi connectivity index (χ0v) is 13.9. The second-order valence-electron chi connectivity index (χ2n) is 6.38. The average molecular weight is 343 g/mol. The molecular formula is C17H21N5O3. The van der Waals surface area contributed by atoms with Gasteiger partial charge in [-0.25, -0.2) is 9.48 Å². The molecule has 8 nitrogen and oxygen atoms in total. The summed E-state index contributed by atoms with van der Waals surface area (Å²) in [4.78, 5) is 25.1. The number of aromatic nitrogens is 4. The van der Waals surface area contributed by atoms with E-state index < -0.39 is 5.97 Å². The van der Waals surface area contributed by atoms with Gasteiger partial charge in [0.2, 0.25) is 5.91 Å². The molecule has 1 aromatic heterocycles. The van der Waals surface area contributed by atoms with Crippen LogP contribution in [-0.4, -0.2) is 55.2 Å². The Morgan fingerprint density at radius 2 is 2.04 bits per heavy atom. The molecule has 1 saturated heterocycles. The zero-order chi connectivity index (χ0) is 17.6. The van der Waals surface area contributed by atoms with E-state index in [0.29, 0.717) is 24.4 Å². The monoisotopic (exact) mass is 343 g/mol. The van der Waals surface area contributed by atoms with Crippen LogP contribution in [0.4, 0.5) is 0 Å². The van der Waals surface area contributed by atoms with Gasteiger partial charge in [0.25, 0.3) is 0 Å². The standard InChI is InChI=1S/C17H21N5O3/c23-16(2-1-8-22-12-18-19-20-22)21-9-7-14(11-21)10-13-3-5-15(6-4-13)17(24)25/h3-6,12,14H,1-2,7-11H2,(H,24,25)/t14-/m1/s1. The molecule has 0 saturated carbocycles. The summed E-state index contributed by atoms with van der Waals surface area (Å²) >= 11 is 0. The van der Waals surface area contributed by atoms with Gasteiger partial charge < -0.3 is 10.0 Å². The van der Waals surface area contributed by atoms with E-state index in [1.807, 2.05) is 17.0 Å². The molecule has 2 aromatic rings. The summed E-state index contributed by atoms with van der Waals surface area (Å²) in [7, 11) is 0. The van der Waals surface area contributed by atoms with Crippen LogP contribution in [0, 0.1) is 5.92 Å². The molecule has 1 fully saturated rings. The van der Waals surface area contributed by atoms with E-state index in [4.69, 9.17) is 5.11 Å². The summed E-state index contributed by atoms with van der Waals surface area (Å²) in [5.74, 6) is -0.304. The molecule has 0 aliphatic carbocycles. The van der Waals surface area contributed by atoms with Crippen molar-refractivity contribution in [2.75, 3.05) is 13.1 Å². The number of hydrogen-bond donors (Lipinski definition) is 1. The molecule has 8 heteroatoms. The van der Waals surface area contributed by atoms with E-state index in [-0.39, 0.29) is 5.91 Å². The van der Waals surface area contributed by atoms with Crippen molar-refractivity contribution in [3.63, 3.8) is 0 Å². The van der Waals surface area contributed by atoms with Gasteiger partial charge >= 0.3 is 5.97 Å². The molecule has 0 radical (unpaired) electrons. The molecule has 0 bridgehead atoms. The van der Waals surface area contributed by atoms with E-state index in [2.05, 4.69) is 15.5 Å². The summed E-state index contributed by atoms with van der Waals surface area (Å²) < 4.78 is 1.63. The molecule has 25 heavy (non-hydrogen) atoms. The first-order valence-electron chi connectivity index (χ1n) is 8.42. The minimum atomic E-state index is -0.911. The van der Waals surface area contributed by atoms with Gasteiger partial charge in [-0.1, -0.05) is 12.1 Å². The van der Waals surface area contributed by atoms with E-state index in [1.54, 1.807) is 23.1 Å². The highest BCUT2D eigenvalue weighted by Gasteiger charge is 2.25. The summed E-state index contributed by atoms with van der Waals surface area (Å²) in [5, 5.41) is 19.8. The predicted molar refractivity (Wildman–Crippen MR) is 88.8 cm³/mol. The quantitative estimate of drug-likeness (QED) is 0.812. The highest BCUT2D eigenvalue weighted by atomic mass is 16.4. The van der Waals surface area contributed by atoms with Crippen LogP contribution in [0.2, 0.25) is 0 Å². The number of aryl methyl sites for hydroxylation is 1. The van der Waals surface area contributed by atoms with Crippen molar-refractivity contribution < 1.29 is 14.7 Å². The minimum Gasteiger partial charge on any atom is -0.478 e. The Hall–Kier alpha value is -2.77. The largest absolute Gasteiger partial charge is 0.478 e. The Labute approximate surface area is 145 Å². The van der Waals surface area contributed by atoms with Crippen LogP contribution in [-0.2, 0) is 17.8 Å². The Kier molecular flexibility index (Phi) is 5.37. The number of likely N-dealkylation sites (tertiary alicyclic amines) is 1. The molecule has 132 valence electrons. The predicted octanol–water partition coefficient (Wildman–Crippen LogP) is 1.24. The molecule has 1 atom stereocenters. The van der Waals surface area contributed by atoms with Crippen molar-refractivity contribution in [1.82, 2.24) is 25.1 Å². The maximum absolute atomic E-state index is 12.3. The first-order chi connectivity index (χ1) is 12.1. The summed E-state index contributed by atoms with van der Waals surface area (Å²) in [6.07, 6.45) is 4.63. The van der Waals surface area contributed by atoms with Crippen LogP contribution in [0.25, 0.3) is 0 Å². The summed E-state index contributed by atoms with van der Waals surface area (Å²) in [6.45, 7) is 2.21. The lowest BCUT2D eigenvalue weighted by molar-refractivity contribution is -0.130. The molecule has 1 aromatic carbocycles. The number of carboxylic acids is 1. The van der Waals surface area contributed by atoms with Crippen LogP contribution in [0.15, 0.2) is 30.6 Å². The third-order valence-corrected chi connectivity index (χ3v) is 4.53. The molecular weight excluding hydrogens is 322 g/mol. The maximum Gasteiger partial charge on any atom is 0.335 e. The summed E-state index contributed by atoms with van der Waals surface area (Å²) in [5.41, 5.74) is 1.41. The fourth-order valence-electron chi connectivity index (χ4n) is 3.18. The van der Waals surface area contributed by atoms with Gasteiger partial charge in [-0.3, -0.25) is 4.79 Å². The van der Waals surface area contributed by atoms with Gasteiger partial charge in [0.15, 0.2) is 0 Å². The number of amides is 1. The van der Waals surface area contributed by atoms with Crippen LogP contribution in [0.3, 0.4) is 0 Å². The number of tetrazole rings is 1.